The molecule has 0 bridgehead atoms. The van der Waals surface area contributed by atoms with Crippen molar-refractivity contribution in [3.8, 4) is 0 Å². The third-order valence-corrected chi connectivity index (χ3v) is 2.90. The maximum atomic E-state index is 10.1. The van der Waals surface area contributed by atoms with Gasteiger partial charge in [-0.05, 0) is 19.4 Å². The molecule has 1 rings (SSSR count). The second-order valence-electron chi connectivity index (χ2n) is 2.91. The molecule has 1 saturated heterocycles. The minimum Gasteiger partial charge on any atom is -0.433 e. The molecule has 1 heterocycles. The van der Waals surface area contributed by atoms with Gasteiger partial charge in [0.1, 0.15) is 0 Å². The molecular formula is C9H18O4Si. The van der Waals surface area contributed by atoms with Crippen molar-refractivity contribution in [1.29, 1.82) is 0 Å². The fourth-order valence-electron chi connectivity index (χ4n) is 0.903. The molecule has 0 aromatic carbocycles. The average Bonchev–Trinajstić information content (AvgIpc) is 2.20. The molecule has 0 spiro atoms. The second-order valence-corrected chi connectivity index (χ2v) is 4.44. The molecule has 1 aliphatic heterocycles. The van der Waals surface area contributed by atoms with Crippen LogP contribution in [-0.4, -0.2) is 33.7 Å². The van der Waals surface area contributed by atoms with Crippen molar-refractivity contribution in [3.05, 3.63) is 12.7 Å². The van der Waals surface area contributed by atoms with Crippen molar-refractivity contribution in [2.45, 2.75) is 32.1 Å². The van der Waals surface area contributed by atoms with E-state index in [0.29, 0.717) is 0 Å². The standard InChI is InChI=1S/C5H8O3.C4H10OSi/c1-3-5(7)8-4(2)6;1-2-4-6-5-3-1/h3-4,6H,1H2,2H3;1-4,6H2. The molecule has 0 saturated carbocycles. The molecule has 5 heteroatoms. The smallest absolute Gasteiger partial charge is 0.332 e. The van der Waals surface area contributed by atoms with E-state index in [1.807, 2.05) is 0 Å². The lowest BCUT2D eigenvalue weighted by Gasteiger charge is -2.07. The number of ether oxygens (including phenoxy) is 1. The summed E-state index contributed by atoms with van der Waals surface area (Å²) in [4.78, 5) is 10.1. The summed E-state index contributed by atoms with van der Waals surface area (Å²) in [7, 11) is 0.00849. The van der Waals surface area contributed by atoms with Crippen molar-refractivity contribution >= 4 is 15.7 Å². The predicted octanol–water partition coefficient (Wildman–Crippen LogP) is 0.353. The Bertz CT molecular complexity index is 155. The van der Waals surface area contributed by atoms with Crippen LogP contribution in [0.5, 0.6) is 0 Å². The average molecular weight is 218 g/mol. The van der Waals surface area contributed by atoms with E-state index in [1.54, 1.807) is 0 Å². The Kier molecular flexibility index (Phi) is 8.51. The van der Waals surface area contributed by atoms with Gasteiger partial charge in [0.25, 0.3) is 0 Å². The van der Waals surface area contributed by atoms with Crippen LogP contribution in [0.2, 0.25) is 6.04 Å². The summed E-state index contributed by atoms with van der Waals surface area (Å²) >= 11 is 0. The minimum atomic E-state index is -1.04. The van der Waals surface area contributed by atoms with E-state index in [-0.39, 0.29) is 9.76 Å². The highest BCUT2D eigenvalue weighted by molar-refractivity contribution is 6.27. The highest BCUT2D eigenvalue weighted by Crippen LogP contribution is 2.01. The molecule has 1 fully saturated rings. The number of aliphatic hydroxyl groups is 1. The highest BCUT2D eigenvalue weighted by atomic mass is 28.2. The van der Waals surface area contributed by atoms with Gasteiger partial charge in [0, 0.05) is 12.7 Å². The first-order chi connectivity index (χ1) is 6.66. The van der Waals surface area contributed by atoms with Crippen molar-refractivity contribution in [2.24, 2.45) is 0 Å². The van der Waals surface area contributed by atoms with Crippen LogP contribution in [0.3, 0.4) is 0 Å². The molecule has 1 atom stereocenters. The van der Waals surface area contributed by atoms with Crippen molar-refractivity contribution in [3.63, 3.8) is 0 Å². The molecule has 82 valence electrons. The van der Waals surface area contributed by atoms with Crippen LogP contribution in [-0.2, 0) is 14.0 Å². The lowest BCUT2D eigenvalue weighted by atomic mass is 10.4. The molecule has 0 aromatic heterocycles. The maximum absolute atomic E-state index is 10.1. The zero-order valence-electron chi connectivity index (χ0n) is 8.57. The third kappa shape index (κ3) is 9.44. The topological polar surface area (TPSA) is 55.8 Å². The summed E-state index contributed by atoms with van der Waals surface area (Å²) in [6.07, 6.45) is 2.70. The van der Waals surface area contributed by atoms with E-state index in [1.165, 1.54) is 25.8 Å². The monoisotopic (exact) mass is 218 g/mol. The number of carbonyl (C=O) groups is 1. The molecule has 0 amide bonds. The molecule has 1 unspecified atom stereocenters. The summed E-state index contributed by atoms with van der Waals surface area (Å²) in [6.45, 7) is 5.54. The van der Waals surface area contributed by atoms with Crippen LogP contribution in [0.4, 0.5) is 0 Å². The van der Waals surface area contributed by atoms with Crippen molar-refractivity contribution in [2.75, 3.05) is 6.61 Å². The van der Waals surface area contributed by atoms with Gasteiger partial charge in [-0.15, -0.1) is 0 Å². The van der Waals surface area contributed by atoms with Crippen LogP contribution in [0, 0.1) is 0 Å². The van der Waals surface area contributed by atoms with Gasteiger partial charge < -0.3 is 14.3 Å². The summed E-state index contributed by atoms with van der Waals surface area (Å²) < 4.78 is 9.41. The van der Waals surface area contributed by atoms with Crippen molar-refractivity contribution < 1.29 is 19.1 Å². The Morgan fingerprint density at radius 3 is 2.57 bits per heavy atom. The zero-order valence-corrected chi connectivity index (χ0v) is 9.98. The Morgan fingerprint density at radius 1 is 1.71 bits per heavy atom. The van der Waals surface area contributed by atoms with Crippen LogP contribution in [0.1, 0.15) is 19.8 Å². The summed E-state index contributed by atoms with van der Waals surface area (Å²) in [5, 5.41) is 8.36. The molecule has 14 heavy (non-hydrogen) atoms. The Labute approximate surface area is 86.8 Å². The summed E-state index contributed by atoms with van der Waals surface area (Å²) in [5.74, 6) is -0.611. The van der Waals surface area contributed by atoms with E-state index in [9.17, 15) is 4.79 Å². The minimum absolute atomic E-state index is 0.00849. The Morgan fingerprint density at radius 2 is 2.43 bits per heavy atom. The normalized spacial score (nSPS) is 19.0. The number of hydrogen-bond acceptors (Lipinski definition) is 4. The van der Waals surface area contributed by atoms with Crippen LogP contribution >= 0.6 is 0 Å². The first-order valence-electron chi connectivity index (χ1n) is 4.75. The lowest BCUT2D eigenvalue weighted by Crippen LogP contribution is -2.10. The molecule has 4 nitrogen and oxygen atoms in total. The second kappa shape index (κ2) is 8.92. The van der Waals surface area contributed by atoms with E-state index in [0.717, 1.165) is 12.7 Å². The largest absolute Gasteiger partial charge is 0.433 e. The van der Waals surface area contributed by atoms with Crippen molar-refractivity contribution in [1.82, 2.24) is 0 Å². The van der Waals surface area contributed by atoms with E-state index in [2.05, 4.69) is 11.3 Å². The van der Waals surface area contributed by atoms with Gasteiger partial charge in [0.2, 0.25) is 0 Å². The number of carbonyl (C=O) groups excluding carboxylic acids is 1. The van der Waals surface area contributed by atoms with Gasteiger partial charge in [-0.3, -0.25) is 0 Å². The van der Waals surface area contributed by atoms with Gasteiger partial charge in [0.15, 0.2) is 16.1 Å². The SMILES string of the molecule is C1CC[SiH2]OC1.C=CC(=O)OC(C)O. The first-order valence-corrected chi connectivity index (χ1v) is 6.33. The summed E-state index contributed by atoms with van der Waals surface area (Å²) in [6, 6.07) is 1.42. The maximum Gasteiger partial charge on any atom is 0.332 e. The van der Waals surface area contributed by atoms with Gasteiger partial charge in [-0.1, -0.05) is 13.0 Å². The van der Waals surface area contributed by atoms with Crippen LogP contribution in [0.25, 0.3) is 0 Å². The fourth-order valence-corrected chi connectivity index (χ4v) is 2.07. The van der Waals surface area contributed by atoms with E-state index in [4.69, 9.17) is 9.53 Å². The molecule has 0 radical (unpaired) electrons. The first kappa shape index (κ1) is 13.3. The molecule has 0 aliphatic carbocycles. The van der Waals surface area contributed by atoms with E-state index < -0.39 is 12.3 Å². The van der Waals surface area contributed by atoms with Gasteiger partial charge in [0.05, 0.1) is 0 Å². The Balaban J connectivity index is 0.000000249. The van der Waals surface area contributed by atoms with Crippen LogP contribution < -0.4 is 0 Å². The lowest BCUT2D eigenvalue weighted by molar-refractivity contribution is -0.158. The predicted molar refractivity (Wildman–Crippen MR) is 56.5 cm³/mol. The number of esters is 1. The van der Waals surface area contributed by atoms with Gasteiger partial charge in [-0.2, -0.15) is 0 Å². The molecular weight excluding hydrogens is 200 g/mol. The highest BCUT2D eigenvalue weighted by Gasteiger charge is 1.98. The zero-order chi connectivity index (χ0) is 10.8. The van der Waals surface area contributed by atoms with E-state index >= 15 is 0 Å². The summed E-state index contributed by atoms with van der Waals surface area (Å²) in [5.41, 5.74) is 0. The molecule has 1 N–H and O–H groups in total. The number of aliphatic hydroxyl groups excluding tert-OH is 1. The van der Waals surface area contributed by atoms with Gasteiger partial charge >= 0.3 is 5.97 Å². The Hall–Kier alpha value is -0.653. The van der Waals surface area contributed by atoms with Gasteiger partial charge in [-0.25, -0.2) is 4.79 Å². The quantitative estimate of drug-likeness (QED) is 0.314. The molecule has 1 aliphatic rings. The number of rotatable bonds is 2. The third-order valence-electron chi connectivity index (χ3n) is 1.53. The number of hydrogen-bond donors (Lipinski definition) is 1. The molecule has 0 aromatic rings. The van der Waals surface area contributed by atoms with Crippen LogP contribution in [0.15, 0.2) is 12.7 Å². The fraction of sp³-hybridized carbons (Fsp3) is 0.667.